The highest BCUT2D eigenvalue weighted by molar-refractivity contribution is 5.79. The second-order valence-corrected chi connectivity index (χ2v) is 12.6. The highest BCUT2D eigenvalue weighted by atomic mass is 19.1. The SMILES string of the molecule is Cc1c(F)cccc1C1C([C@H](O)c2cccc(OC3CCCCO3)c2)CN(C(=O)O)CC1(C(=O)O)C(C)C(C)(C)C. The molecule has 224 valence electrons. The number of aliphatic hydroxyl groups excluding tert-OH is 1. The van der Waals surface area contributed by atoms with Gasteiger partial charge in [0.05, 0.1) is 18.1 Å². The Balaban J connectivity index is 1.88. The number of hydrogen-bond acceptors (Lipinski definition) is 5. The van der Waals surface area contributed by atoms with Gasteiger partial charge in [0.2, 0.25) is 0 Å². The molecule has 41 heavy (non-hydrogen) atoms. The average molecular weight is 572 g/mol. The number of amides is 1. The predicted molar refractivity (Wildman–Crippen MR) is 151 cm³/mol. The van der Waals surface area contributed by atoms with E-state index in [2.05, 4.69) is 0 Å². The van der Waals surface area contributed by atoms with Crippen LogP contribution in [0.15, 0.2) is 42.5 Å². The van der Waals surface area contributed by atoms with E-state index in [4.69, 9.17) is 9.47 Å². The molecule has 0 spiro atoms. The molecule has 4 rings (SSSR count). The number of rotatable bonds is 7. The van der Waals surface area contributed by atoms with Crippen molar-refractivity contribution in [3.8, 4) is 5.75 Å². The molecule has 1 amide bonds. The average Bonchev–Trinajstić information content (AvgIpc) is 2.93. The lowest BCUT2D eigenvalue weighted by Crippen LogP contribution is -2.62. The number of hydrogen-bond donors (Lipinski definition) is 3. The quantitative estimate of drug-likeness (QED) is 0.361. The molecule has 0 aromatic heterocycles. The molecule has 0 saturated carbocycles. The van der Waals surface area contributed by atoms with Crippen molar-refractivity contribution in [2.24, 2.45) is 22.7 Å². The molecule has 8 nitrogen and oxygen atoms in total. The van der Waals surface area contributed by atoms with Gasteiger partial charge in [-0.1, -0.05) is 52.0 Å². The summed E-state index contributed by atoms with van der Waals surface area (Å²) in [6.07, 6.45) is -0.238. The van der Waals surface area contributed by atoms with Gasteiger partial charge in [-0.15, -0.1) is 0 Å². The summed E-state index contributed by atoms with van der Waals surface area (Å²) in [7, 11) is 0. The molecule has 6 atom stereocenters. The topological polar surface area (TPSA) is 117 Å². The number of nitrogens with zero attached hydrogens (tertiary/aromatic N) is 1. The van der Waals surface area contributed by atoms with Crippen LogP contribution in [0.25, 0.3) is 0 Å². The van der Waals surface area contributed by atoms with Crippen molar-refractivity contribution in [2.45, 2.75) is 72.2 Å². The van der Waals surface area contributed by atoms with Crippen LogP contribution in [0.3, 0.4) is 0 Å². The van der Waals surface area contributed by atoms with Crippen LogP contribution >= 0.6 is 0 Å². The summed E-state index contributed by atoms with van der Waals surface area (Å²) < 4.78 is 26.7. The van der Waals surface area contributed by atoms with Crippen molar-refractivity contribution in [2.75, 3.05) is 19.7 Å². The van der Waals surface area contributed by atoms with E-state index < -0.39 is 58.9 Å². The van der Waals surface area contributed by atoms with Gasteiger partial charge >= 0.3 is 12.1 Å². The molecule has 3 N–H and O–H groups in total. The first-order valence-electron chi connectivity index (χ1n) is 14.3. The zero-order valence-corrected chi connectivity index (χ0v) is 24.5. The molecule has 2 fully saturated rings. The van der Waals surface area contributed by atoms with E-state index in [0.29, 0.717) is 23.5 Å². The van der Waals surface area contributed by atoms with Crippen molar-refractivity contribution >= 4 is 12.1 Å². The van der Waals surface area contributed by atoms with Gasteiger partial charge in [-0.05, 0) is 66.0 Å². The van der Waals surface area contributed by atoms with E-state index in [1.54, 1.807) is 37.3 Å². The fourth-order valence-corrected chi connectivity index (χ4v) is 6.66. The monoisotopic (exact) mass is 571 g/mol. The number of carboxylic acids is 1. The molecule has 0 radical (unpaired) electrons. The van der Waals surface area contributed by atoms with Crippen molar-refractivity contribution < 1.29 is 38.8 Å². The molecule has 5 unspecified atom stereocenters. The Bertz CT molecular complexity index is 1250. The van der Waals surface area contributed by atoms with E-state index in [1.165, 1.54) is 12.1 Å². The smallest absolute Gasteiger partial charge is 0.407 e. The maximum absolute atomic E-state index is 15.0. The molecular formula is C32H42FNO7. The number of aliphatic hydroxyl groups is 1. The predicted octanol–water partition coefficient (Wildman–Crippen LogP) is 6.22. The van der Waals surface area contributed by atoms with Gasteiger partial charge in [0.25, 0.3) is 0 Å². The lowest BCUT2D eigenvalue weighted by Gasteiger charge is -2.55. The maximum Gasteiger partial charge on any atom is 0.407 e. The third-order valence-electron chi connectivity index (χ3n) is 9.26. The number of aliphatic carboxylic acids is 1. The zero-order valence-electron chi connectivity index (χ0n) is 24.5. The van der Waals surface area contributed by atoms with Gasteiger partial charge in [0.1, 0.15) is 11.6 Å². The molecule has 0 aliphatic carbocycles. The molecule has 2 aliphatic heterocycles. The lowest BCUT2D eigenvalue weighted by atomic mass is 9.52. The second-order valence-electron chi connectivity index (χ2n) is 12.6. The number of halogens is 1. The van der Waals surface area contributed by atoms with Crippen LogP contribution in [-0.4, -0.2) is 58.3 Å². The van der Waals surface area contributed by atoms with Gasteiger partial charge in [0.15, 0.2) is 6.29 Å². The summed E-state index contributed by atoms with van der Waals surface area (Å²) >= 11 is 0. The number of carboxylic acid groups (broad SMARTS) is 2. The largest absolute Gasteiger partial charge is 0.481 e. The van der Waals surface area contributed by atoms with Gasteiger partial charge in [-0.3, -0.25) is 4.79 Å². The van der Waals surface area contributed by atoms with Gasteiger partial charge in [-0.2, -0.15) is 0 Å². The van der Waals surface area contributed by atoms with Gasteiger partial charge < -0.3 is 29.7 Å². The Kier molecular flexibility index (Phi) is 8.99. The van der Waals surface area contributed by atoms with Crippen LogP contribution in [0.2, 0.25) is 0 Å². The van der Waals surface area contributed by atoms with E-state index in [9.17, 15) is 24.9 Å². The summed E-state index contributed by atoms with van der Waals surface area (Å²) in [6.45, 7) is 9.35. The first kappa shape index (κ1) is 30.8. The van der Waals surface area contributed by atoms with E-state index in [1.807, 2.05) is 27.7 Å². The van der Waals surface area contributed by atoms with E-state index in [0.717, 1.165) is 24.2 Å². The van der Waals surface area contributed by atoms with Crippen molar-refractivity contribution in [1.82, 2.24) is 4.90 Å². The van der Waals surface area contributed by atoms with Crippen LogP contribution in [0, 0.1) is 35.4 Å². The first-order valence-corrected chi connectivity index (χ1v) is 14.3. The summed E-state index contributed by atoms with van der Waals surface area (Å²) in [5.74, 6) is -3.53. The van der Waals surface area contributed by atoms with Gasteiger partial charge in [0, 0.05) is 31.3 Å². The molecule has 2 heterocycles. The van der Waals surface area contributed by atoms with Crippen LogP contribution in [0.4, 0.5) is 9.18 Å². The molecule has 9 heteroatoms. The van der Waals surface area contributed by atoms with Crippen LogP contribution in [0.5, 0.6) is 5.75 Å². The van der Waals surface area contributed by atoms with Crippen molar-refractivity contribution in [3.63, 3.8) is 0 Å². The molecule has 2 aromatic carbocycles. The number of likely N-dealkylation sites (tertiary alicyclic amines) is 1. The van der Waals surface area contributed by atoms with Crippen LogP contribution in [0.1, 0.15) is 75.7 Å². The van der Waals surface area contributed by atoms with Crippen LogP contribution < -0.4 is 4.74 Å². The Labute approximate surface area is 241 Å². The molecular weight excluding hydrogens is 529 g/mol. The third-order valence-corrected chi connectivity index (χ3v) is 9.26. The van der Waals surface area contributed by atoms with Crippen LogP contribution in [-0.2, 0) is 9.53 Å². The van der Waals surface area contributed by atoms with E-state index >= 15 is 4.39 Å². The Hall–Kier alpha value is -3.17. The highest BCUT2D eigenvalue weighted by Crippen LogP contribution is 2.58. The number of piperidine rings is 1. The standard InChI is InChI=1S/C32H42FNO7/c1-19-23(12-9-13-25(19)33)27-24(17-34(30(38)39)18-32(27,29(36)37)20(2)31(3,4)5)28(35)21-10-8-11-22(16-21)41-26-14-6-7-15-40-26/h8-13,16,20,24,26-28,35H,6-7,14-15,17-18H2,1-5H3,(H,36,37)(H,38,39)/t20?,24?,26?,27?,28-,32?/m1/s1. The molecule has 0 bridgehead atoms. The minimum Gasteiger partial charge on any atom is -0.481 e. The summed E-state index contributed by atoms with van der Waals surface area (Å²) in [5.41, 5.74) is -1.01. The fraction of sp³-hybridized carbons (Fsp3) is 0.562. The summed E-state index contributed by atoms with van der Waals surface area (Å²) in [4.78, 5) is 27.0. The van der Waals surface area contributed by atoms with Crippen molar-refractivity contribution in [3.05, 3.63) is 65.0 Å². The van der Waals surface area contributed by atoms with E-state index in [-0.39, 0.29) is 18.7 Å². The molecule has 2 saturated heterocycles. The number of benzene rings is 2. The first-order chi connectivity index (χ1) is 19.3. The Morgan fingerprint density at radius 1 is 1.15 bits per heavy atom. The Morgan fingerprint density at radius 2 is 1.85 bits per heavy atom. The number of carbonyl (C=O) groups is 2. The maximum atomic E-state index is 15.0. The minimum absolute atomic E-state index is 0.125. The molecule has 2 aromatic rings. The number of ether oxygens (including phenoxy) is 2. The highest BCUT2D eigenvalue weighted by Gasteiger charge is 2.61. The normalized spacial score (nSPS) is 26.7. The molecule has 2 aliphatic rings. The summed E-state index contributed by atoms with van der Waals surface area (Å²) in [6, 6.07) is 11.5. The van der Waals surface area contributed by atoms with Crippen molar-refractivity contribution in [1.29, 1.82) is 0 Å². The second kappa shape index (κ2) is 12.0. The third kappa shape index (κ3) is 6.06. The fourth-order valence-electron chi connectivity index (χ4n) is 6.66. The Morgan fingerprint density at radius 3 is 2.46 bits per heavy atom. The summed E-state index contributed by atoms with van der Waals surface area (Å²) in [5, 5.41) is 33.1. The minimum atomic E-state index is -1.66. The lowest BCUT2D eigenvalue weighted by molar-refractivity contribution is -0.168. The zero-order chi connectivity index (χ0) is 30.1. The van der Waals surface area contributed by atoms with Gasteiger partial charge in [-0.25, -0.2) is 9.18 Å².